The van der Waals surface area contributed by atoms with E-state index in [-0.39, 0.29) is 12.1 Å². The topological polar surface area (TPSA) is 61.2 Å². The minimum absolute atomic E-state index is 0.119. The molecule has 0 saturated carbocycles. The lowest BCUT2D eigenvalue weighted by Crippen LogP contribution is -2.25. The lowest BCUT2D eigenvalue weighted by atomic mass is 10.1. The molecule has 0 bridgehead atoms. The molecule has 5 nitrogen and oxygen atoms in total. The van der Waals surface area contributed by atoms with E-state index in [0.717, 1.165) is 17.5 Å². The van der Waals surface area contributed by atoms with Crippen LogP contribution >= 0.6 is 11.3 Å². The number of carbonyl (C=O) groups is 1. The molecule has 2 aromatic heterocycles. The van der Waals surface area contributed by atoms with Crippen LogP contribution in [0.3, 0.4) is 0 Å². The first-order valence-corrected chi connectivity index (χ1v) is 8.26. The van der Waals surface area contributed by atoms with Gasteiger partial charge in [-0.1, -0.05) is 37.3 Å². The summed E-state index contributed by atoms with van der Waals surface area (Å²) in [5.74, 6) is -0.424. The minimum Gasteiger partial charge on any atom is -0.464 e. The Morgan fingerprint density at radius 2 is 2.09 bits per heavy atom. The van der Waals surface area contributed by atoms with E-state index >= 15 is 0 Å². The van der Waals surface area contributed by atoms with Crippen LogP contribution < -0.4 is 5.56 Å². The zero-order chi connectivity index (χ0) is 16.2. The van der Waals surface area contributed by atoms with Crippen molar-refractivity contribution in [3.63, 3.8) is 0 Å². The quantitative estimate of drug-likeness (QED) is 0.675. The van der Waals surface area contributed by atoms with E-state index in [1.165, 1.54) is 22.2 Å². The van der Waals surface area contributed by atoms with Crippen LogP contribution in [0.1, 0.15) is 13.3 Å². The van der Waals surface area contributed by atoms with E-state index in [2.05, 4.69) is 4.98 Å². The van der Waals surface area contributed by atoms with E-state index in [1.807, 2.05) is 42.6 Å². The highest BCUT2D eigenvalue weighted by Crippen LogP contribution is 2.30. The summed E-state index contributed by atoms with van der Waals surface area (Å²) in [5.41, 5.74) is 1.59. The molecule has 3 rings (SSSR count). The zero-order valence-corrected chi connectivity index (χ0v) is 13.5. The van der Waals surface area contributed by atoms with Gasteiger partial charge in [-0.15, -0.1) is 11.3 Å². The summed E-state index contributed by atoms with van der Waals surface area (Å²) in [6, 6.07) is 9.69. The van der Waals surface area contributed by atoms with E-state index in [9.17, 15) is 9.59 Å². The standard InChI is InChI=1S/C17H16N2O3S/c1-2-8-22-14(20)9-19-11-18-16-15(17(19)21)13(10-23-16)12-6-4-3-5-7-12/h3-7,10-11H,2,8-9H2,1H3. The van der Waals surface area contributed by atoms with Crippen LogP contribution in [0.5, 0.6) is 0 Å². The largest absolute Gasteiger partial charge is 0.464 e. The van der Waals surface area contributed by atoms with E-state index in [1.54, 1.807) is 0 Å². The second-order valence-electron chi connectivity index (χ2n) is 5.09. The van der Waals surface area contributed by atoms with Gasteiger partial charge in [-0.25, -0.2) is 4.98 Å². The summed E-state index contributed by atoms with van der Waals surface area (Å²) in [6.45, 7) is 2.16. The number of fused-ring (bicyclic) bond motifs is 1. The maximum atomic E-state index is 12.7. The molecule has 0 spiro atoms. The number of aromatic nitrogens is 2. The number of benzene rings is 1. The average molecular weight is 328 g/mol. The third-order valence-corrected chi connectivity index (χ3v) is 4.30. The number of ether oxygens (including phenoxy) is 1. The molecule has 0 amide bonds. The van der Waals surface area contributed by atoms with E-state index in [0.29, 0.717) is 16.8 Å². The van der Waals surface area contributed by atoms with Gasteiger partial charge in [0, 0.05) is 10.9 Å². The Morgan fingerprint density at radius 1 is 1.30 bits per heavy atom. The van der Waals surface area contributed by atoms with Gasteiger partial charge in [-0.3, -0.25) is 14.2 Å². The normalized spacial score (nSPS) is 10.8. The van der Waals surface area contributed by atoms with Crippen molar-refractivity contribution in [1.82, 2.24) is 9.55 Å². The highest BCUT2D eigenvalue weighted by atomic mass is 32.1. The first-order chi connectivity index (χ1) is 11.2. The molecule has 118 valence electrons. The summed E-state index contributed by atoms with van der Waals surface area (Å²) in [6.07, 6.45) is 2.16. The molecule has 3 aromatic rings. The lowest BCUT2D eigenvalue weighted by Gasteiger charge is -2.06. The third-order valence-electron chi connectivity index (χ3n) is 3.41. The second kappa shape index (κ2) is 6.75. The molecule has 23 heavy (non-hydrogen) atoms. The molecular formula is C17H16N2O3S. The van der Waals surface area contributed by atoms with Gasteiger partial charge in [0.1, 0.15) is 11.4 Å². The van der Waals surface area contributed by atoms with Crippen molar-refractivity contribution in [3.8, 4) is 11.1 Å². The van der Waals surface area contributed by atoms with Gasteiger partial charge in [0.05, 0.1) is 18.3 Å². The van der Waals surface area contributed by atoms with E-state index in [4.69, 9.17) is 4.74 Å². The number of rotatable bonds is 5. The summed E-state index contributed by atoms with van der Waals surface area (Å²) in [4.78, 5) is 29.4. The average Bonchev–Trinajstić information content (AvgIpc) is 3.01. The maximum Gasteiger partial charge on any atom is 0.326 e. The second-order valence-corrected chi connectivity index (χ2v) is 5.95. The molecule has 0 saturated heterocycles. The van der Waals surface area contributed by atoms with Gasteiger partial charge in [0.2, 0.25) is 0 Å². The molecule has 1 aromatic carbocycles. The Bertz CT molecular complexity index is 884. The van der Waals surface area contributed by atoms with Crippen LogP contribution in [0.25, 0.3) is 21.3 Å². The van der Waals surface area contributed by atoms with Crippen molar-refractivity contribution in [2.24, 2.45) is 0 Å². The molecule has 0 atom stereocenters. The van der Waals surface area contributed by atoms with Crippen LogP contribution in [-0.2, 0) is 16.1 Å². The molecule has 0 aliphatic rings. The number of esters is 1. The summed E-state index contributed by atoms with van der Waals surface area (Å²) in [5, 5.41) is 2.47. The number of hydrogen-bond donors (Lipinski definition) is 0. The Labute approximate surface area is 137 Å². The maximum absolute atomic E-state index is 12.7. The van der Waals surface area contributed by atoms with Crippen LogP contribution in [0, 0.1) is 0 Å². The van der Waals surface area contributed by atoms with Crippen molar-refractivity contribution >= 4 is 27.5 Å². The molecule has 0 aliphatic heterocycles. The van der Waals surface area contributed by atoms with Crippen LogP contribution in [0.2, 0.25) is 0 Å². The molecule has 0 aliphatic carbocycles. The van der Waals surface area contributed by atoms with Crippen molar-refractivity contribution in [2.45, 2.75) is 19.9 Å². The Morgan fingerprint density at radius 3 is 2.83 bits per heavy atom. The molecule has 0 fully saturated rings. The number of nitrogens with zero attached hydrogens (tertiary/aromatic N) is 2. The molecule has 2 heterocycles. The first-order valence-electron chi connectivity index (χ1n) is 7.38. The molecule has 6 heteroatoms. The molecule has 0 N–H and O–H groups in total. The summed E-state index contributed by atoms with van der Waals surface area (Å²) < 4.78 is 6.34. The first kappa shape index (κ1) is 15.4. The van der Waals surface area contributed by atoms with Crippen LogP contribution in [0.4, 0.5) is 0 Å². The minimum atomic E-state index is -0.424. The Hall–Kier alpha value is -2.47. The smallest absolute Gasteiger partial charge is 0.326 e. The monoisotopic (exact) mass is 328 g/mol. The van der Waals surface area contributed by atoms with Gasteiger partial charge in [0.25, 0.3) is 5.56 Å². The Balaban J connectivity index is 2.01. The van der Waals surface area contributed by atoms with Gasteiger partial charge < -0.3 is 4.74 Å². The molecular weight excluding hydrogens is 312 g/mol. The fourth-order valence-corrected chi connectivity index (χ4v) is 3.22. The lowest BCUT2D eigenvalue weighted by molar-refractivity contribution is -0.144. The predicted molar refractivity (Wildman–Crippen MR) is 90.6 cm³/mol. The molecule has 0 radical (unpaired) electrons. The van der Waals surface area contributed by atoms with Crippen molar-refractivity contribution in [2.75, 3.05) is 6.61 Å². The Kier molecular flexibility index (Phi) is 4.52. The summed E-state index contributed by atoms with van der Waals surface area (Å²) in [7, 11) is 0. The third kappa shape index (κ3) is 3.17. The van der Waals surface area contributed by atoms with Crippen molar-refractivity contribution in [3.05, 3.63) is 52.4 Å². The molecule has 0 unspecified atom stereocenters. The highest BCUT2D eigenvalue weighted by Gasteiger charge is 2.14. The van der Waals surface area contributed by atoms with Gasteiger partial charge in [0.15, 0.2) is 0 Å². The number of carbonyl (C=O) groups excluding carboxylic acids is 1. The van der Waals surface area contributed by atoms with Crippen LogP contribution in [0.15, 0.2) is 46.8 Å². The fraction of sp³-hybridized carbons (Fsp3) is 0.235. The number of hydrogen-bond acceptors (Lipinski definition) is 5. The van der Waals surface area contributed by atoms with Crippen molar-refractivity contribution < 1.29 is 9.53 Å². The van der Waals surface area contributed by atoms with Gasteiger partial charge >= 0.3 is 5.97 Å². The van der Waals surface area contributed by atoms with Gasteiger partial charge in [-0.2, -0.15) is 0 Å². The SMILES string of the molecule is CCCOC(=O)Cn1cnc2scc(-c3ccccc3)c2c1=O. The van der Waals surface area contributed by atoms with Gasteiger partial charge in [-0.05, 0) is 12.0 Å². The van der Waals surface area contributed by atoms with Crippen molar-refractivity contribution in [1.29, 1.82) is 0 Å². The van der Waals surface area contributed by atoms with E-state index < -0.39 is 5.97 Å². The fourth-order valence-electron chi connectivity index (χ4n) is 2.31. The predicted octanol–water partition coefficient (Wildman–Crippen LogP) is 3.08. The highest BCUT2D eigenvalue weighted by molar-refractivity contribution is 7.17. The van der Waals surface area contributed by atoms with Crippen LogP contribution in [-0.4, -0.2) is 22.1 Å². The number of thiophene rings is 1. The zero-order valence-electron chi connectivity index (χ0n) is 12.7. The summed E-state index contributed by atoms with van der Waals surface area (Å²) >= 11 is 1.42.